The number of hydrogen-bond acceptors (Lipinski definition) is 2. The lowest BCUT2D eigenvalue weighted by molar-refractivity contribution is -0.113. The van der Waals surface area contributed by atoms with Gasteiger partial charge in [-0.25, -0.2) is 0 Å². The third-order valence-electron chi connectivity index (χ3n) is 2.06. The van der Waals surface area contributed by atoms with Gasteiger partial charge in [-0.15, -0.1) is 0 Å². The van der Waals surface area contributed by atoms with Crippen molar-refractivity contribution in [3.05, 3.63) is 33.7 Å². The number of halogens is 2. The van der Waals surface area contributed by atoms with E-state index in [0.29, 0.717) is 9.39 Å². The Hall–Kier alpha value is -0.640. The van der Waals surface area contributed by atoms with Gasteiger partial charge in [0.25, 0.3) is 5.91 Å². The van der Waals surface area contributed by atoms with E-state index in [-0.39, 0.29) is 5.91 Å². The molecule has 0 atom stereocenters. The van der Waals surface area contributed by atoms with Crippen LogP contribution in [-0.2, 0) is 4.79 Å². The van der Waals surface area contributed by atoms with Crippen molar-refractivity contribution in [3.63, 3.8) is 0 Å². The predicted octanol–water partition coefficient (Wildman–Crippen LogP) is 3.49. The molecule has 2 rings (SSSR count). The zero-order chi connectivity index (χ0) is 11.0. The lowest BCUT2D eigenvalue weighted by atomic mass is 10.3. The summed E-state index contributed by atoms with van der Waals surface area (Å²) in [6.07, 6.45) is 1.40. The number of fused-ring (bicyclic) bond motifs is 1. The number of hydrogen-bond donors (Lipinski definition) is 0. The summed E-state index contributed by atoms with van der Waals surface area (Å²) in [5, 5.41) is 0.604. The summed E-state index contributed by atoms with van der Waals surface area (Å²) in [5.74, 6) is -0.145. The molecule has 0 radical (unpaired) electrons. The monoisotopic (exact) mass is 259 g/mol. The number of carbonyl (C=O) groups excluding carboxylic acids is 1. The number of thioether (sulfide) groups is 1. The van der Waals surface area contributed by atoms with Crippen LogP contribution in [0.2, 0.25) is 5.02 Å². The molecule has 0 saturated carbocycles. The molecule has 5 heteroatoms. The second-order valence-electron chi connectivity index (χ2n) is 3.06. The average Bonchev–Trinajstić information content (AvgIpc) is 2.27. The molecule has 15 heavy (non-hydrogen) atoms. The molecule has 2 nitrogen and oxygen atoms in total. The van der Waals surface area contributed by atoms with Crippen LogP contribution in [0.3, 0.4) is 0 Å². The van der Waals surface area contributed by atoms with Crippen LogP contribution in [0.4, 0.5) is 5.69 Å². The minimum atomic E-state index is -0.145. The van der Waals surface area contributed by atoms with Gasteiger partial charge >= 0.3 is 0 Å². The van der Waals surface area contributed by atoms with Gasteiger partial charge in [0.05, 0.1) is 10.1 Å². The Morgan fingerprint density at radius 2 is 2.07 bits per heavy atom. The lowest BCUT2D eigenvalue weighted by Crippen LogP contribution is -2.23. The SMILES string of the molecule is CN1C(=O)C=C(Cl)Sc2ccc(Cl)cc21. The van der Waals surface area contributed by atoms with Crippen LogP contribution in [-0.4, -0.2) is 13.0 Å². The Bertz CT molecular complexity index is 459. The van der Waals surface area contributed by atoms with Crippen molar-refractivity contribution in [2.24, 2.45) is 0 Å². The van der Waals surface area contributed by atoms with Crippen molar-refractivity contribution in [1.29, 1.82) is 0 Å². The molecular formula is C10H7Cl2NOS. The average molecular weight is 260 g/mol. The van der Waals surface area contributed by atoms with Gasteiger partial charge < -0.3 is 4.90 Å². The third-order valence-corrected chi connectivity index (χ3v) is 3.51. The first-order chi connectivity index (χ1) is 7.08. The van der Waals surface area contributed by atoms with Gasteiger partial charge in [-0.2, -0.15) is 0 Å². The minimum absolute atomic E-state index is 0.145. The number of nitrogens with zero attached hydrogens (tertiary/aromatic N) is 1. The minimum Gasteiger partial charge on any atom is -0.311 e. The van der Waals surface area contributed by atoms with Crippen LogP contribution >= 0.6 is 35.0 Å². The molecule has 1 amide bonds. The highest BCUT2D eigenvalue weighted by Gasteiger charge is 2.19. The van der Waals surface area contributed by atoms with E-state index in [4.69, 9.17) is 23.2 Å². The molecule has 78 valence electrons. The van der Waals surface area contributed by atoms with E-state index in [1.165, 1.54) is 22.7 Å². The Kier molecular flexibility index (Phi) is 2.96. The van der Waals surface area contributed by atoms with E-state index in [1.54, 1.807) is 19.2 Å². The lowest BCUT2D eigenvalue weighted by Gasteiger charge is -2.16. The van der Waals surface area contributed by atoms with E-state index in [2.05, 4.69) is 0 Å². The van der Waals surface area contributed by atoms with Crippen LogP contribution in [0.5, 0.6) is 0 Å². The highest BCUT2D eigenvalue weighted by molar-refractivity contribution is 8.04. The van der Waals surface area contributed by atoms with Crippen molar-refractivity contribution >= 4 is 46.6 Å². The van der Waals surface area contributed by atoms with Crippen LogP contribution in [0.15, 0.2) is 33.5 Å². The molecule has 0 bridgehead atoms. The van der Waals surface area contributed by atoms with E-state index >= 15 is 0 Å². The third kappa shape index (κ3) is 2.14. The molecule has 0 N–H and O–H groups in total. The maximum absolute atomic E-state index is 11.6. The second-order valence-corrected chi connectivity index (χ2v) is 5.21. The number of carbonyl (C=O) groups is 1. The molecule has 1 aromatic carbocycles. The normalized spacial score (nSPS) is 15.8. The maximum Gasteiger partial charge on any atom is 0.252 e. The summed E-state index contributed by atoms with van der Waals surface area (Å²) in [4.78, 5) is 14.1. The van der Waals surface area contributed by atoms with Crippen molar-refractivity contribution in [1.82, 2.24) is 0 Å². The highest BCUT2D eigenvalue weighted by Crippen LogP contribution is 2.40. The first kappa shape index (κ1) is 10.9. The smallest absolute Gasteiger partial charge is 0.252 e. The van der Waals surface area contributed by atoms with Gasteiger partial charge in [-0.05, 0) is 18.2 Å². The molecule has 0 aromatic heterocycles. The quantitative estimate of drug-likeness (QED) is 0.711. The topological polar surface area (TPSA) is 20.3 Å². The van der Waals surface area contributed by atoms with Gasteiger partial charge in [0, 0.05) is 23.0 Å². The summed E-state index contributed by atoms with van der Waals surface area (Å²) < 4.78 is 0.466. The van der Waals surface area contributed by atoms with Gasteiger partial charge in [0.15, 0.2) is 0 Å². The Balaban J connectivity index is 2.57. The van der Waals surface area contributed by atoms with Crippen LogP contribution in [0.25, 0.3) is 0 Å². The summed E-state index contributed by atoms with van der Waals surface area (Å²) in [5.41, 5.74) is 0.782. The molecule has 1 aliphatic heterocycles. The van der Waals surface area contributed by atoms with Crippen molar-refractivity contribution in [2.45, 2.75) is 4.90 Å². The molecule has 0 unspecified atom stereocenters. The fourth-order valence-electron chi connectivity index (χ4n) is 1.29. The summed E-state index contributed by atoms with van der Waals surface area (Å²) in [7, 11) is 1.70. The van der Waals surface area contributed by atoms with Crippen molar-refractivity contribution in [3.8, 4) is 0 Å². The number of likely N-dealkylation sites (N-methyl/N-ethyl adjacent to an activating group) is 1. The maximum atomic E-state index is 11.6. The predicted molar refractivity (Wildman–Crippen MR) is 64.7 cm³/mol. The molecule has 0 spiro atoms. The Morgan fingerprint density at radius 1 is 1.33 bits per heavy atom. The summed E-state index contributed by atoms with van der Waals surface area (Å²) >= 11 is 13.1. The number of rotatable bonds is 0. The molecule has 0 fully saturated rings. The fourth-order valence-corrected chi connectivity index (χ4v) is 2.60. The standard InChI is InChI=1S/C10H7Cl2NOS/c1-13-7-4-6(11)2-3-8(7)15-9(12)5-10(13)14/h2-5H,1H3. The molecule has 1 aliphatic rings. The van der Waals surface area contributed by atoms with Gasteiger partial charge in [-0.3, -0.25) is 4.79 Å². The first-order valence-electron chi connectivity index (χ1n) is 4.20. The zero-order valence-electron chi connectivity index (χ0n) is 7.83. The summed E-state index contributed by atoms with van der Waals surface area (Å²) in [6.45, 7) is 0. The van der Waals surface area contributed by atoms with Crippen molar-refractivity contribution < 1.29 is 4.79 Å². The van der Waals surface area contributed by atoms with E-state index in [1.807, 2.05) is 6.07 Å². The number of benzene rings is 1. The zero-order valence-corrected chi connectivity index (χ0v) is 10.2. The van der Waals surface area contributed by atoms with Crippen molar-refractivity contribution in [2.75, 3.05) is 11.9 Å². The van der Waals surface area contributed by atoms with Crippen LogP contribution in [0, 0.1) is 0 Å². The van der Waals surface area contributed by atoms with E-state index in [9.17, 15) is 4.79 Å². The van der Waals surface area contributed by atoms with Gasteiger partial charge in [0.1, 0.15) is 0 Å². The Labute approximate surface area is 102 Å². The number of amides is 1. The molecule has 1 heterocycles. The Morgan fingerprint density at radius 3 is 2.80 bits per heavy atom. The van der Waals surface area contributed by atoms with Gasteiger partial charge in [-0.1, -0.05) is 35.0 Å². The van der Waals surface area contributed by atoms with E-state index in [0.717, 1.165) is 10.6 Å². The van der Waals surface area contributed by atoms with E-state index < -0.39 is 0 Å². The highest BCUT2D eigenvalue weighted by atomic mass is 35.5. The molecular weight excluding hydrogens is 253 g/mol. The summed E-state index contributed by atoms with van der Waals surface area (Å²) in [6, 6.07) is 5.39. The van der Waals surface area contributed by atoms with Crippen LogP contribution in [0.1, 0.15) is 0 Å². The molecule has 0 aliphatic carbocycles. The molecule has 1 aromatic rings. The molecule has 0 saturated heterocycles. The van der Waals surface area contributed by atoms with Gasteiger partial charge in [0.2, 0.25) is 0 Å². The largest absolute Gasteiger partial charge is 0.311 e. The van der Waals surface area contributed by atoms with Crippen LogP contribution < -0.4 is 4.90 Å². The second kappa shape index (κ2) is 4.08. The number of anilines is 1. The fraction of sp³-hybridized carbons (Fsp3) is 0.100. The first-order valence-corrected chi connectivity index (χ1v) is 5.77.